The van der Waals surface area contributed by atoms with E-state index in [-0.39, 0.29) is 0 Å². The van der Waals surface area contributed by atoms with Crippen LogP contribution in [0.1, 0.15) is 18.1 Å². The summed E-state index contributed by atoms with van der Waals surface area (Å²) in [5.41, 5.74) is 5.59. The van der Waals surface area contributed by atoms with Crippen molar-refractivity contribution in [3.8, 4) is 0 Å². The van der Waals surface area contributed by atoms with Crippen molar-refractivity contribution in [3.05, 3.63) is 96.8 Å². The number of hydrogen-bond acceptors (Lipinski definition) is 1. The minimum atomic E-state index is 1.02. The first kappa shape index (κ1) is 14.9. The molecule has 0 radical (unpaired) electrons. The molecule has 0 atom stereocenters. The molecule has 0 aromatic heterocycles. The molecule has 106 valence electrons. The number of benzene rings is 2. The maximum absolute atomic E-state index is 4.32. The lowest BCUT2D eigenvalue weighted by Gasteiger charge is -2.22. The predicted octanol–water partition coefficient (Wildman–Crippen LogP) is 5.21. The molecule has 0 aliphatic heterocycles. The summed E-state index contributed by atoms with van der Waals surface area (Å²) >= 11 is 0. The van der Waals surface area contributed by atoms with E-state index >= 15 is 0 Å². The fourth-order valence-corrected chi connectivity index (χ4v) is 2.30. The normalized spacial score (nSPS) is 11.5. The summed E-state index contributed by atoms with van der Waals surface area (Å²) in [6.45, 7) is 10.3. The van der Waals surface area contributed by atoms with Gasteiger partial charge in [0.2, 0.25) is 0 Å². The molecule has 2 rings (SSSR count). The largest absolute Gasteiger partial charge is 0.355 e. The van der Waals surface area contributed by atoms with E-state index in [9.17, 15) is 0 Å². The third-order valence-corrected chi connectivity index (χ3v) is 3.65. The Labute approximate surface area is 127 Å². The highest BCUT2D eigenvalue weighted by Gasteiger charge is 2.13. The van der Waals surface area contributed by atoms with Crippen molar-refractivity contribution in [1.29, 1.82) is 0 Å². The van der Waals surface area contributed by atoms with Gasteiger partial charge in [-0.1, -0.05) is 73.8 Å². The first-order valence-corrected chi connectivity index (χ1v) is 7.01. The van der Waals surface area contributed by atoms with Crippen LogP contribution < -0.4 is 0 Å². The smallest absolute Gasteiger partial charge is 0.0224 e. The molecule has 0 spiro atoms. The van der Waals surface area contributed by atoms with Crippen LogP contribution >= 0.6 is 0 Å². The van der Waals surface area contributed by atoms with Crippen molar-refractivity contribution in [2.24, 2.45) is 0 Å². The molecule has 0 aliphatic rings. The van der Waals surface area contributed by atoms with Gasteiger partial charge in [-0.25, -0.2) is 0 Å². The zero-order valence-electron chi connectivity index (χ0n) is 12.7. The van der Waals surface area contributed by atoms with Crippen LogP contribution in [0, 0.1) is 0 Å². The second-order valence-corrected chi connectivity index (χ2v) is 4.96. The van der Waals surface area contributed by atoms with Gasteiger partial charge < -0.3 is 4.90 Å². The molecule has 2 aromatic rings. The molecule has 0 aliphatic carbocycles. The molecule has 1 nitrogen and oxygen atoms in total. The first-order chi connectivity index (χ1) is 10.1. The summed E-state index contributed by atoms with van der Waals surface area (Å²) in [4.78, 5) is 2.02. The summed E-state index contributed by atoms with van der Waals surface area (Å²) in [6, 6.07) is 20.6. The standard InChI is InChI=1S/C20H21N/c1-5-21(4)17(3)20(19-14-10-7-11-15-19)16(2)18-12-8-6-9-13-18/h5-15H,1-2H2,3-4H3/b20-17+. The third-order valence-electron chi connectivity index (χ3n) is 3.65. The fraction of sp³-hybridized carbons (Fsp3) is 0.100. The maximum Gasteiger partial charge on any atom is 0.0224 e. The molecule has 0 unspecified atom stereocenters. The highest BCUT2D eigenvalue weighted by atomic mass is 15.1. The van der Waals surface area contributed by atoms with E-state index in [0.29, 0.717) is 0 Å². The molecule has 1 heteroatoms. The highest BCUT2D eigenvalue weighted by molar-refractivity contribution is 6.04. The molecule has 0 amide bonds. The van der Waals surface area contributed by atoms with Crippen LogP contribution in [0.3, 0.4) is 0 Å². The van der Waals surface area contributed by atoms with Gasteiger partial charge in [0.1, 0.15) is 0 Å². The van der Waals surface area contributed by atoms with Crippen molar-refractivity contribution < 1.29 is 0 Å². The summed E-state index contributed by atoms with van der Waals surface area (Å²) in [7, 11) is 2.00. The van der Waals surface area contributed by atoms with Gasteiger partial charge in [0, 0.05) is 18.3 Å². The van der Waals surface area contributed by atoms with Gasteiger partial charge in [-0.15, -0.1) is 0 Å². The minimum Gasteiger partial charge on any atom is -0.355 e. The van der Waals surface area contributed by atoms with Crippen LogP contribution in [0.4, 0.5) is 0 Å². The quantitative estimate of drug-likeness (QED) is 0.677. The van der Waals surface area contributed by atoms with Crippen molar-refractivity contribution in [3.63, 3.8) is 0 Å². The topological polar surface area (TPSA) is 3.24 Å². The minimum absolute atomic E-state index is 1.02. The fourth-order valence-electron chi connectivity index (χ4n) is 2.30. The Morgan fingerprint density at radius 1 is 0.905 bits per heavy atom. The van der Waals surface area contributed by atoms with Crippen molar-refractivity contribution >= 4 is 11.1 Å². The molecule has 0 bridgehead atoms. The molecule has 21 heavy (non-hydrogen) atoms. The average molecular weight is 275 g/mol. The lowest BCUT2D eigenvalue weighted by molar-refractivity contribution is 0.576. The SMILES string of the molecule is C=CN(C)/C(C)=C(\C(=C)c1ccccc1)c1ccccc1. The van der Waals surface area contributed by atoms with Crippen molar-refractivity contribution in [2.75, 3.05) is 7.05 Å². The Morgan fingerprint density at radius 2 is 1.38 bits per heavy atom. The van der Waals surface area contributed by atoms with E-state index in [1.54, 1.807) is 0 Å². The number of nitrogens with zero attached hydrogens (tertiary/aromatic N) is 1. The van der Waals surface area contributed by atoms with Gasteiger partial charge >= 0.3 is 0 Å². The van der Waals surface area contributed by atoms with Crippen LogP contribution in [-0.4, -0.2) is 11.9 Å². The number of allylic oxidation sites excluding steroid dienone is 3. The van der Waals surface area contributed by atoms with Crippen LogP contribution in [-0.2, 0) is 0 Å². The Balaban J connectivity index is 2.57. The second-order valence-electron chi connectivity index (χ2n) is 4.96. The first-order valence-electron chi connectivity index (χ1n) is 7.01. The summed E-state index contributed by atoms with van der Waals surface area (Å²) < 4.78 is 0. The molecular weight excluding hydrogens is 254 g/mol. The Morgan fingerprint density at radius 3 is 1.86 bits per heavy atom. The van der Waals surface area contributed by atoms with Crippen LogP contribution in [0.15, 0.2) is 85.7 Å². The maximum atomic E-state index is 4.32. The molecule has 0 fully saturated rings. The van der Waals surface area contributed by atoms with E-state index < -0.39 is 0 Å². The van der Waals surface area contributed by atoms with Gasteiger partial charge in [-0.3, -0.25) is 0 Å². The summed E-state index contributed by atoms with van der Waals surface area (Å²) in [5.74, 6) is 0. The van der Waals surface area contributed by atoms with Crippen molar-refractivity contribution in [1.82, 2.24) is 4.90 Å². The van der Waals surface area contributed by atoms with E-state index in [1.165, 1.54) is 0 Å². The van der Waals surface area contributed by atoms with Gasteiger partial charge in [-0.05, 0) is 29.8 Å². The summed E-state index contributed by atoms with van der Waals surface area (Å²) in [6.07, 6.45) is 1.82. The van der Waals surface area contributed by atoms with Gasteiger partial charge in [0.15, 0.2) is 0 Å². The van der Waals surface area contributed by atoms with Crippen LogP contribution in [0.2, 0.25) is 0 Å². The molecule has 0 saturated heterocycles. The van der Waals surface area contributed by atoms with Gasteiger partial charge in [0.25, 0.3) is 0 Å². The van der Waals surface area contributed by atoms with E-state index in [1.807, 2.05) is 42.4 Å². The molecule has 0 heterocycles. The lowest BCUT2D eigenvalue weighted by Crippen LogP contribution is -2.10. The molecule has 0 N–H and O–H groups in total. The zero-order valence-corrected chi connectivity index (χ0v) is 12.7. The van der Waals surface area contributed by atoms with E-state index in [0.717, 1.165) is 28.0 Å². The van der Waals surface area contributed by atoms with E-state index in [2.05, 4.69) is 56.5 Å². The third kappa shape index (κ3) is 3.32. The van der Waals surface area contributed by atoms with Crippen molar-refractivity contribution in [2.45, 2.75) is 6.92 Å². The molecular formula is C20H21N. The Bertz CT molecular complexity index is 651. The highest BCUT2D eigenvalue weighted by Crippen LogP contribution is 2.33. The second kappa shape index (κ2) is 6.76. The van der Waals surface area contributed by atoms with Gasteiger partial charge in [0.05, 0.1) is 0 Å². The van der Waals surface area contributed by atoms with E-state index in [4.69, 9.17) is 0 Å². The monoisotopic (exact) mass is 275 g/mol. The summed E-state index contributed by atoms with van der Waals surface area (Å²) in [5, 5.41) is 0. The molecule has 0 saturated carbocycles. The molecule has 2 aromatic carbocycles. The van der Waals surface area contributed by atoms with Crippen LogP contribution in [0.5, 0.6) is 0 Å². The van der Waals surface area contributed by atoms with Crippen LogP contribution in [0.25, 0.3) is 11.1 Å². The average Bonchev–Trinajstić information content (AvgIpc) is 2.56. The lowest BCUT2D eigenvalue weighted by atomic mass is 9.92. The predicted molar refractivity (Wildman–Crippen MR) is 92.5 cm³/mol. The Kier molecular flexibility index (Phi) is 4.78. The Hall–Kier alpha value is -2.54. The number of hydrogen-bond donors (Lipinski definition) is 0. The zero-order chi connectivity index (χ0) is 15.2. The van der Waals surface area contributed by atoms with Gasteiger partial charge in [-0.2, -0.15) is 0 Å². The number of rotatable bonds is 5.